The number of nitrogens with zero attached hydrogens (tertiary/aromatic N) is 1. The van der Waals surface area contributed by atoms with Crippen LogP contribution >= 0.6 is 0 Å². The molecule has 0 saturated heterocycles. The van der Waals surface area contributed by atoms with Crippen LogP contribution in [0.15, 0.2) is 0 Å². The third-order valence-electron chi connectivity index (χ3n) is 0. The number of hydrogen-bond donors (Lipinski definition) is 0. The van der Waals surface area contributed by atoms with Crippen LogP contribution in [0, 0.1) is 11.8 Å². The van der Waals surface area contributed by atoms with E-state index in [9.17, 15) is 0 Å². The first kappa shape index (κ1) is 30.0. The van der Waals surface area contributed by atoms with E-state index in [1.807, 2.05) is 0 Å². The maximum absolute atomic E-state index is 8.44. The van der Waals surface area contributed by atoms with Gasteiger partial charge in [0.1, 0.15) is 0 Å². The van der Waals surface area contributed by atoms with Crippen molar-refractivity contribution >= 4 is 11.4 Å². The van der Waals surface area contributed by atoms with Gasteiger partial charge in [-0.1, -0.05) is 0 Å². The molecule has 4 nitrogen and oxygen atoms in total. The van der Waals surface area contributed by atoms with E-state index < -0.39 is 11.4 Å². The van der Waals surface area contributed by atoms with Crippen LogP contribution in [-0.4, -0.2) is 13.3 Å². The maximum Gasteiger partial charge on any atom is 1.00 e. The van der Waals surface area contributed by atoms with Crippen LogP contribution in [0.25, 0.3) is 0 Å². The first-order valence-electron chi connectivity index (χ1n) is 0.724. The molecule has 0 aliphatic rings. The van der Waals surface area contributed by atoms with Crippen molar-refractivity contribution in [2.45, 2.75) is 0 Å². The molecule has 0 radical (unpaired) electrons. The largest absolute Gasteiger partial charge is 1.00 e. The molecule has 0 unspecified atom stereocenters. The van der Waals surface area contributed by atoms with Gasteiger partial charge in [-0.2, -0.15) is 0 Å². The Bertz CT molecular complexity index is 63.3. The van der Waals surface area contributed by atoms with E-state index in [-0.39, 0.29) is 88.7 Å². The molecule has 9 heavy (non-hydrogen) atoms. The van der Waals surface area contributed by atoms with E-state index in [0.29, 0.717) is 0 Å². The summed E-state index contributed by atoms with van der Waals surface area (Å²) in [6, 6.07) is 0. The molecule has 0 aliphatic carbocycles. The molecule has 0 bridgehead atoms. The minimum atomic E-state index is -3.11. The Kier molecular flexibility index (Phi) is 104. The van der Waals surface area contributed by atoms with Crippen LogP contribution in [0.1, 0.15) is 0 Å². The minimum absolute atomic E-state index is 0. The minimum Gasteiger partial charge on any atom is -0.784 e. The van der Waals surface area contributed by atoms with Crippen LogP contribution in [-0.2, 0) is 11.4 Å². The molecule has 0 aliphatic heterocycles. The first-order valence-corrected chi connectivity index (χ1v) is 1.72. The second-order valence-electron chi connectivity index (χ2n) is 0.204. The summed E-state index contributed by atoms with van der Waals surface area (Å²) in [5, 5.41) is 6.25. The molecule has 0 heterocycles. The summed E-state index contributed by atoms with van der Waals surface area (Å²) in [6.45, 7) is 4.75. The van der Waals surface area contributed by atoms with Crippen molar-refractivity contribution in [3.63, 3.8) is 0 Å². The Morgan fingerprint density at radius 3 is 1.11 bits per heavy atom. The smallest absolute Gasteiger partial charge is 0.784 e. The van der Waals surface area contributed by atoms with Crippen molar-refractivity contribution in [1.82, 2.24) is 0 Å². The molecule has 36 valence electrons. The normalized spacial score (nSPS) is 4.11. The van der Waals surface area contributed by atoms with Crippen molar-refractivity contribution in [1.29, 1.82) is 5.26 Å². The zero-order valence-electron chi connectivity index (χ0n) is 5.58. The maximum atomic E-state index is 8.44. The van der Waals surface area contributed by atoms with Crippen LogP contribution in [0.2, 0.25) is 0 Å². The van der Waals surface area contributed by atoms with E-state index in [1.54, 1.807) is 0 Å². The average Bonchev–Trinajstić information content (AvgIpc) is 1.41. The molecule has 0 spiro atoms. The average molecular weight is 175 g/mol. The Labute approximate surface area is 123 Å². The van der Waals surface area contributed by atoms with Gasteiger partial charge in [-0.3, -0.25) is 4.21 Å². The molecule has 0 saturated carbocycles. The summed E-state index contributed by atoms with van der Waals surface area (Å²) in [5.74, 6) is 0. The zero-order valence-corrected chi connectivity index (χ0v) is 12.4. The molecule has 0 atom stereocenters. The van der Waals surface area contributed by atoms with Gasteiger partial charge in [0.05, 0.1) is 0 Å². The van der Waals surface area contributed by atoms with Crippen molar-refractivity contribution in [2.75, 3.05) is 0 Å². The Morgan fingerprint density at radius 2 is 1.11 bits per heavy atom. The van der Waals surface area contributed by atoms with Crippen LogP contribution in [0.3, 0.4) is 0 Å². The summed E-state index contributed by atoms with van der Waals surface area (Å²) in [6.07, 6.45) is 0. The van der Waals surface area contributed by atoms with Gasteiger partial charge in [-0.25, -0.2) is 0 Å². The molecule has 0 fully saturated rings. The summed E-state index contributed by atoms with van der Waals surface area (Å²) >= 11 is -3.11. The molecule has 0 rings (SSSR count). The Morgan fingerprint density at radius 1 is 1.11 bits per heavy atom. The fourth-order valence-corrected chi connectivity index (χ4v) is 0. The van der Waals surface area contributed by atoms with Crippen LogP contribution < -0.4 is 88.7 Å². The fourth-order valence-electron chi connectivity index (χ4n) is 0. The quantitative estimate of drug-likeness (QED) is 0.208. The van der Waals surface area contributed by atoms with Crippen LogP contribution in [0.5, 0.6) is 0 Å². The standard InChI is InChI=1S/CN.3Na.H2O3S/c1-2;;;;1-4(2)3/h;;;;(H2,1,2,3)/q-1;3*+1;/p-2. The van der Waals surface area contributed by atoms with E-state index >= 15 is 0 Å². The van der Waals surface area contributed by atoms with Crippen LogP contribution in [0.4, 0.5) is 0 Å². The zero-order chi connectivity index (χ0) is 5.58. The van der Waals surface area contributed by atoms with Gasteiger partial charge in [-0.05, 0) is 0 Å². The molecule has 0 N–H and O–H groups in total. The second kappa shape index (κ2) is 31.2. The van der Waals surface area contributed by atoms with E-state index in [1.165, 1.54) is 0 Å². The molecule has 0 amide bonds. The predicted molar refractivity (Wildman–Crippen MR) is 14.7 cm³/mol. The topological polar surface area (TPSA) is 87.0 Å². The monoisotopic (exact) mass is 175 g/mol. The molecular formula is CNNa3O3S. The predicted octanol–water partition coefficient (Wildman–Crippen LogP) is -9.90. The van der Waals surface area contributed by atoms with Crippen molar-refractivity contribution in [3.05, 3.63) is 6.57 Å². The van der Waals surface area contributed by atoms with Crippen molar-refractivity contribution in [2.24, 2.45) is 0 Å². The molecule has 0 aromatic heterocycles. The molecule has 8 heteroatoms. The Balaban J connectivity index is -0.00000000990. The van der Waals surface area contributed by atoms with E-state index in [4.69, 9.17) is 25.1 Å². The summed E-state index contributed by atoms with van der Waals surface area (Å²) in [4.78, 5) is 0. The van der Waals surface area contributed by atoms with Gasteiger partial charge >= 0.3 is 88.7 Å². The third-order valence-corrected chi connectivity index (χ3v) is 0. The SMILES string of the molecule is O=S([O-])[O-].[C-]#N.[Na+].[Na+].[Na+]. The fraction of sp³-hybridized carbons (Fsp3) is 0. The molecule has 0 aromatic carbocycles. The second-order valence-corrected chi connectivity index (χ2v) is 0.612. The van der Waals surface area contributed by atoms with Gasteiger partial charge in [-0.15, -0.1) is 11.4 Å². The van der Waals surface area contributed by atoms with Gasteiger partial charge in [0.25, 0.3) is 0 Å². The molecule has 0 aromatic rings. The summed E-state index contributed by atoms with van der Waals surface area (Å²) in [7, 11) is 0. The van der Waals surface area contributed by atoms with Crippen molar-refractivity contribution < 1.29 is 102 Å². The Hall–Kier alpha value is 2.56. The third kappa shape index (κ3) is 118. The van der Waals surface area contributed by atoms with Gasteiger partial charge < -0.3 is 20.9 Å². The van der Waals surface area contributed by atoms with E-state index in [2.05, 4.69) is 0 Å². The summed E-state index contributed by atoms with van der Waals surface area (Å²) in [5.41, 5.74) is 0. The first-order chi connectivity index (χ1) is 2.73. The number of hydrogen-bond acceptors (Lipinski definition) is 4. The summed E-state index contributed by atoms with van der Waals surface area (Å²) < 4.78 is 25.3. The van der Waals surface area contributed by atoms with E-state index in [0.717, 1.165) is 0 Å². The van der Waals surface area contributed by atoms with Gasteiger partial charge in [0, 0.05) is 0 Å². The van der Waals surface area contributed by atoms with Crippen molar-refractivity contribution in [3.8, 4) is 0 Å². The molecular weight excluding hydrogens is 175 g/mol. The van der Waals surface area contributed by atoms with Gasteiger partial charge in [0.2, 0.25) is 0 Å². The van der Waals surface area contributed by atoms with Gasteiger partial charge in [0.15, 0.2) is 0 Å². The number of rotatable bonds is 0.